The molecule has 1 amide bonds. The summed E-state index contributed by atoms with van der Waals surface area (Å²) in [6.07, 6.45) is 47.2. The van der Waals surface area contributed by atoms with Crippen LogP contribution < -0.4 is 14.8 Å². The molecule has 2 N–H and O–H groups in total. The van der Waals surface area contributed by atoms with Crippen molar-refractivity contribution >= 4 is 5.91 Å². The predicted molar refractivity (Wildman–Crippen MR) is 234 cm³/mol. The van der Waals surface area contributed by atoms with Gasteiger partial charge in [-0.05, 0) is 37.8 Å². The molecule has 0 saturated carbocycles. The smallest absolute Gasteiger partial charge is 0.251 e. The second-order valence-corrected chi connectivity index (χ2v) is 16.4. The average Bonchev–Trinajstić information content (AvgIpc) is 3.18. The summed E-state index contributed by atoms with van der Waals surface area (Å²) in [4.78, 5) is 13.0. The molecule has 1 aromatic rings. The maximum Gasteiger partial charge on any atom is 0.251 e. The van der Waals surface area contributed by atoms with Crippen LogP contribution in [0.2, 0.25) is 0 Å². The zero-order valence-electron chi connectivity index (χ0n) is 36.2. The van der Waals surface area contributed by atoms with Crippen LogP contribution in [-0.2, 0) is 0 Å². The molecule has 0 aliphatic heterocycles. The molecule has 0 radical (unpaired) electrons. The van der Waals surface area contributed by atoms with E-state index in [0.717, 1.165) is 50.0 Å². The first-order valence-corrected chi connectivity index (χ1v) is 24.0. The molecule has 0 aromatic heterocycles. The first-order valence-electron chi connectivity index (χ1n) is 24.0. The lowest BCUT2D eigenvalue weighted by Crippen LogP contribution is -2.24. The molecule has 0 saturated heterocycles. The van der Waals surface area contributed by atoms with Crippen LogP contribution >= 0.6 is 0 Å². The van der Waals surface area contributed by atoms with Crippen molar-refractivity contribution < 1.29 is 19.4 Å². The Kier molecular flexibility index (Phi) is 38.1. The van der Waals surface area contributed by atoms with E-state index in [2.05, 4.69) is 19.2 Å². The Hall–Kier alpha value is -1.75. The summed E-state index contributed by atoms with van der Waals surface area (Å²) in [6, 6.07) is 5.70. The Labute approximate surface area is 336 Å². The standard InChI is InChI=1S/C49H91NO4/c1-3-5-7-9-11-13-15-17-19-21-23-25-27-29-33-37-41-53-47-43-46(49(52)50-39-35-31-32-36-40-51)44-48(45-47)54-42-38-34-30-28-26-24-22-20-18-16-14-12-10-8-6-4-2/h43-45,51H,3-42H2,1-2H3,(H,50,52). The highest BCUT2D eigenvalue weighted by atomic mass is 16.5. The molecule has 0 atom stereocenters. The van der Waals surface area contributed by atoms with Crippen molar-refractivity contribution in [2.75, 3.05) is 26.4 Å². The molecule has 5 nitrogen and oxygen atoms in total. The van der Waals surface area contributed by atoms with Crippen LogP contribution in [0.5, 0.6) is 11.5 Å². The molecule has 0 aliphatic rings. The van der Waals surface area contributed by atoms with Gasteiger partial charge in [0, 0.05) is 24.8 Å². The first-order chi connectivity index (χ1) is 26.7. The van der Waals surface area contributed by atoms with Crippen molar-refractivity contribution in [3.8, 4) is 11.5 Å². The number of benzene rings is 1. The summed E-state index contributed by atoms with van der Waals surface area (Å²) in [5.41, 5.74) is 0.608. The maximum absolute atomic E-state index is 13.0. The lowest BCUT2D eigenvalue weighted by Gasteiger charge is -2.13. The number of aliphatic hydroxyl groups is 1. The van der Waals surface area contributed by atoms with Gasteiger partial charge < -0.3 is 19.9 Å². The van der Waals surface area contributed by atoms with Gasteiger partial charge >= 0.3 is 0 Å². The molecule has 0 fully saturated rings. The van der Waals surface area contributed by atoms with Crippen molar-refractivity contribution in [2.24, 2.45) is 0 Å². The molecule has 1 rings (SSSR count). The van der Waals surface area contributed by atoms with E-state index < -0.39 is 0 Å². The van der Waals surface area contributed by atoms with Gasteiger partial charge in [-0.25, -0.2) is 0 Å². The van der Waals surface area contributed by atoms with Crippen molar-refractivity contribution in [2.45, 2.75) is 245 Å². The zero-order chi connectivity index (χ0) is 38.8. The topological polar surface area (TPSA) is 67.8 Å². The van der Waals surface area contributed by atoms with Gasteiger partial charge in [0.1, 0.15) is 11.5 Å². The average molecular weight is 758 g/mol. The number of carbonyl (C=O) groups is 1. The van der Waals surface area contributed by atoms with Crippen LogP contribution in [0.3, 0.4) is 0 Å². The number of amides is 1. The Balaban J connectivity index is 2.26. The summed E-state index contributed by atoms with van der Waals surface area (Å²) >= 11 is 0. The molecule has 0 heterocycles. The molecule has 1 aromatic carbocycles. The SMILES string of the molecule is CCCCCCCCCCCCCCCCCCOc1cc(OCCCCCCCCCCCCCCCCCC)cc(C(=O)NCCCCCCO)c1. The maximum atomic E-state index is 13.0. The number of carbonyl (C=O) groups excluding carboxylic acids is 1. The highest BCUT2D eigenvalue weighted by Crippen LogP contribution is 2.24. The molecule has 54 heavy (non-hydrogen) atoms. The number of aliphatic hydroxyl groups excluding tert-OH is 1. The minimum Gasteiger partial charge on any atom is -0.493 e. The number of hydrogen-bond acceptors (Lipinski definition) is 4. The molecule has 0 spiro atoms. The fourth-order valence-corrected chi connectivity index (χ4v) is 7.44. The van der Waals surface area contributed by atoms with Crippen LogP contribution in [0.25, 0.3) is 0 Å². The normalized spacial score (nSPS) is 11.3. The van der Waals surface area contributed by atoms with Gasteiger partial charge in [0.05, 0.1) is 13.2 Å². The van der Waals surface area contributed by atoms with E-state index in [1.165, 1.54) is 193 Å². The lowest BCUT2D eigenvalue weighted by atomic mass is 10.0. The van der Waals surface area contributed by atoms with E-state index in [9.17, 15) is 4.79 Å². The Morgan fingerprint density at radius 2 is 0.722 bits per heavy atom. The molecular weight excluding hydrogens is 667 g/mol. The number of unbranched alkanes of at least 4 members (excludes halogenated alkanes) is 33. The Bertz CT molecular complexity index is 865. The largest absolute Gasteiger partial charge is 0.493 e. The fraction of sp³-hybridized carbons (Fsp3) is 0.857. The second-order valence-electron chi connectivity index (χ2n) is 16.4. The summed E-state index contributed by atoms with van der Waals surface area (Å²) in [6.45, 7) is 6.81. The summed E-state index contributed by atoms with van der Waals surface area (Å²) in [7, 11) is 0. The summed E-state index contributed by atoms with van der Waals surface area (Å²) < 4.78 is 12.4. The van der Waals surface area contributed by atoms with Gasteiger partial charge in [0.15, 0.2) is 0 Å². The van der Waals surface area contributed by atoms with Crippen LogP contribution in [-0.4, -0.2) is 37.4 Å². The monoisotopic (exact) mass is 758 g/mol. The second kappa shape index (κ2) is 40.9. The number of ether oxygens (including phenoxy) is 2. The van der Waals surface area contributed by atoms with Crippen LogP contribution in [0.1, 0.15) is 255 Å². The van der Waals surface area contributed by atoms with E-state index >= 15 is 0 Å². The summed E-state index contributed by atoms with van der Waals surface area (Å²) in [5, 5.41) is 12.1. The number of rotatable bonds is 43. The van der Waals surface area contributed by atoms with E-state index in [-0.39, 0.29) is 12.5 Å². The fourth-order valence-electron chi connectivity index (χ4n) is 7.44. The first kappa shape index (κ1) is 50.3. The molecule has 0 unspecified atom stereocenters. The van der Waals surface area contributed by atoms with E-state index in [4.69, 9.17) is 14.6 Å². The van der Waals surface area contributed by atoms with Gasteiger partial charge in [-0.15, -0.1) is 0 Å². The molecule has 316 valence electrons. The highest BCUT2D eigenvalue weighted by Gasteiger charge is 2.11. The molecular formula is C49H91NO4. The van der Waals surface area contributed by atoms with Gasteiger partial charge in [-0.3, -0.25) is 4.79 Å². The van der Waals surface area contributed by atoms with Crippen LogP contribution in [0, 0.1) is 0 Å². The third-order valence-electron chi connectivity index (χ3n) is 11.0. The number of nitrogens with one attached hydrogen (secondary N) is 1. The highest BCUT2D eigenvalue weighted by molar-refractivity contribution is 5.95. The van der Waals surface area contributed by atoms with E-state index in [1.54, 1.807) is 0 Å². The van der Waals surface area contributed by atoms with Crippen molar-refractivity contribution in [1.29, 1.82) is 0 Å². The quantitative estimate of drug-likeness (QED) is 0.0651. The van der Waals surface area contributed by atoms with Gasteiger partial charge in [0.25, 0.3) is 5.91 Å². The molecule has 5 heteroatoms. The minimum atomic E-state index is -0.0720. The van der Waals surface area contributed by atoms with Crippen molar-refractivity contribution in [3.63, 3.8) is 0 Å². The Morgan fingerprint density at radius 1 is 0.426 bits per heavy atom. The third kappa shape index (κ3) is 33.6. The van der Waals surface area contributed by atoms with E-state index in [1.807, 2.05) is 18.2 Å². The minimum absolute atomic E-state index is 0.0720. The molecule has 0 aliphatic carbocycles. The van der Waals surface area contributed by atoms with Crippen molar-refractivity contribution in [3.05, 3.63) is 23.8 Å². The van der Waals surface area contributed by atoms with Gasteiger partial charge in [0.2, 0.25) is 0 Å². The predicted octanol–water partition coefficient (Wildman–Crippen LogP) is 15.2. The zero-order valence-corrected chi connectivity index (χ0v) is 36.2. The molecule has 0 bridgehead atoms. The summed E-state index contributed by atoms with van der Waals surface area (Å²) in [5.74, 6) is 1.39. The third-order valence-corrected chi connectivity index (χ3v) is 11.0. The van der Waals surface area contributed by atoms with E-state index in [0.29, 0.717) is 25.3 Å². The Morgan fingerprint density at radius 3 is 1.06 bits per heavy atom. The van der Waals surface area contributed by atoms with Gasteiger partial charge in [-0.1, -0.05) is 219 Å². The number of hydrogen-bond donors (Lipinski definition) is 2. The van der Waals surface area contributed by atoms with Gasteiger partial charge in [-0.2, -0.15) is 0 Å². The van der Waals surface area contributed by atoms with Crippen molar-refractivity contribution in [1.82, 2.24) is 5.32 Å². The van der Waals surface area contributed by atoms with Crippen LogP contribution in [0.15, 0.2) is 18.2 Å². The van der Waals surface area contributed by atoms with Crippen LogP contribution in [0.4, 0.5) is 0 Å². The lowest BCUT2D eigenvalue weighted by molar-refractivity contribution is 0.0951.